The van der Waals surface area contributed by atoms with Gasteiger partial charge in [0.25, 0.3) is 5.91 Å². The Balaban J connectivity index is 1.55. The van der Waals surface area contributed by atoms with Crippen LogP contribution in [0.25, 0.3) is 5.70 Å². The number of hydrogen-bond acceptors (Lipinski definition) is 4. The van der Waals surface area contributed by atoms with Gasteiger partial charge in [0.2, 0.25) is 0 Å². The van der Waals surface area contributed by atoms with Crippen molar-refractivity contribution in [3.05, 3.63) is 113 Å². The van der Waals surface area contributed by atoms with Crippen LogP contribution in [0.4, 0.5) is 11.5 Å². The fourth-order valence-corrected chi connectivity index (χ4v) is 4.25. The number of carbonyl (C=O) groups excluding carboxylic acids is 1. The van der Waals surface area contributed by atoms with E-state index in [1.807, 2.05) is 60.1 Å². The van der Waals surface area contributed by atoms with Gasteiger partial charge in [-0.2, -0.15) is 5.10 Å². The number of hydrogen-bond donors (Lipinski definition) is 2. The average Bonchev–Trinajstić information content (AvgIpc) is 3.34. The van der Waals surface area contributed by atoms with Crippen LogP contribution in [0.2, 0.25) is 0 Å². The number of carbonyl (C=O) groups is 1. The van der Waals surface area contributed by atoms with Gasteiger partial charge in [0.1, 0.15) is 17.1 Å². The molecule has 0 aliphatic carbocycles. The Morgan fingerprint density at radius 1 is 1.09 bits per heavy atom. The number of rotatable bonds is 6. The molecule has 1 amide bonds. The number of fused-ring (bicyclic) bond motifs is 1. The summed E-state index contributed by atoms with van der Waals surface area (Å²) in [6.45, 7) is 4.16. The van der Waals surface area contributed by atoms with Gasteiger partial charge in [-0.15, -0.1) is 0 Å². The van der Waals surface area contributed by atoms with Crippen LogP contribution < -0.4 is 15.4 Å². The van der Waals surface area contributed by atoms with Crippen molar-refractivity contribution < 1.29 is 9.53 Å². The summed E-state index contributed by atoms with van der Waals surface area (Å²) in [4.78, 5) is 13.3. The molecule has 0 radical (unpaired) electrons. The minimum absolute atomic E-state index is 0.205. The third-order valence-corrected chi connectivity index (χ3v) is 6.30. The third kappa shape index (κ3) is 4.55. The van der Waals surface area contributed by atoms with E-state index < -0.39 is 0 Å². The van der Waals surface area contributed by atoms with Gasteiger partial charge in [-0.3, -0.25) is 4.79 Å². The van der Waals surface area contributed by atoms with E-state index in [9.17, 15) is 4.79 Å². The molecule has 2 heterocycles. The van der Waals surface area contributed by atoms with Gasteiger partial charge in [0, 0.05) is 11.4 Å². The second kappa shape index (κ2) is 9.50. The summed E-state index contributed by atoms with van der Waals surface area (Å²) < 4.78 is 7.31. The first-order valence-corrected chi connectivity index (χ1v) is 11.7. The van der Waals surface area contributed by atoms with Gasteiger partial charge >= 0.3 is 0 Å². The van der Waals surface area contributed by atoms with E-state index in [1.165, 1.54) is 5.56 Å². The number of anilines is 2. The number of nitrogens with one attached hydrogen (secondary N) is 2. The average molecular weight is 465 g/mol. The van der Waals surface area contributed by atoms with E-state index in [2.05, 4.69) is 53.0 Å². The highest BCUT2D eigenvalue weighted by atomic mass is 16.5. The molecule has 3 aromatic carbocycles. The predicted molar refractivity (Wildman–Crippen MR) is 140 cm³/mol. The van der Waals surface area contributed by atoms with Crippen LogP contribution in [-0.2, 0) is 6.42 Å². The van der Waals surface area contributed by atoms with Gasteiger partial charge in [0.15, 0.2) is 0 Å². The van der Waals surface area contributed by atoms with Gasteiger partial charge in [-0.25, -0.2) is 4.68 Å². The number of benzene rings is 3. The largest absolute Gasteiger partial charge is 0.497 e. The molecular formula is C29H28N4O2. The Hall–Kier alpha value is -4.32. The first-order valence-electron chi connectivity index (χ1n) is 11.7. The second-order valence-corrected chi connectivity index (χ2v) is 8.65. The maximum atomic E-state index is 13.3. The maximum Gasteiger partial charge on any atom is 0.261 e. The standard InChI is InChI=1S/C29H28N4O2/c1-4-20-10-12-21(13-11-20)26-17-27(22-6-5-7-24(16-22)35-3)33-28(32-26)25(18-30-33)29(34)31-23-14-8-19(2)9-15-23/h5-18,27,32H,4H2,1-3H3,(H,31,34). The first-order chi connectivity index (χ1) is 17.1. The molecule has 0 saturated heterocycles. The van der Waals surface area contributed by atoms with E-state index in [1.54, 1.807) is 13.3 Å². The molecule has 0 fully saturated rings. The van der Waals surface area contributed by atoms with Gasteiger partial charge in [0.05, 0.1) is 19.3 Å². The van der Waals surface area contributed by atoms with Crippen molar-refractivity contribution in [2.24, 2.45) is 0 Å². The Bertz CT molecular complexity index is 1390. The summed E-state index contributed by atoms with van der Waals surface area (Å²) in [5.74, 6) is 1.21. The Kier molecular flexibility index (Phi) is 6.10. The predicted octanol–water partition coefficient (Wildman–Crippen LogP) is 6.07. The Labute approximate surface area is 205 Å². The normalized spacial score (nSPS) is 14.5. The lowest BCUT2D eigenvalue weighted by molar-refractivity contribution is 0.102. The molecule has 5 rings (SSSR count). The number of allylic oxidation sites excluding steroid dienone is 1. The summed E-state index contributed by atoms with van der Waals surface area (Å²) in [6.07, 6.45) is 4.74. The fourth-order valence-electron chi connectivity index (χ4n) is 4.25. The molecular weight excluding hydrogens is 436 g/mol. The topological polar surface area (TPSA) is 68.2 Å². The number of methoxy groups -OCH3 is 1. The third-order valence-electron chi connectivity index (χ3n) is 6.30. The van der Waals surface area contributed by atoms with Crippen LogP contribution in [0.5, 0.6) is 5.75 Å². The first kappa shape index (κ1) is 22.5. The zero-order valence-corrected chi connectivity index (χ0v) is 20.1. The fraction of sp³-hybridized carbons (Fsp3) is 0.172. The molecule has 6 nitrogen and oxygen atoms in total. The minimum Gasteiger partial charge on any atom is -0.497 e. The molecule has 1 aliphatic rings. The Morgan fingerprint density at radius 2 is 1.86 bits per heavy atom. The molecule has 1 aromatic heterocycles. The van der Waals surface area contributed by atoms with E-state index in [0.717, 1.165) is 40.2 Å². The molecule has 176 valence electrons. The number of aryl methyl sites for hydroxylation is 2. The zero-order chi connectivity index (χ0) is 24.4. The van der Waals surface area contributed by atoms with Crippen LogP contribution in [0.3, 0.4) is 0 Å². The van der Waals surface area contributed by atoms with Crippen molar-refractivity contribution in [1.29, 1.82) is 0 Å². The van der Waals surface area contributed by atoms with Crippen LogP contribution in [-0.4, -0.2) is 22.8 Å². The maximum absolute atomic E-state index is 13.3. The Morgan fingerprint density at radius 3 is 2.57 bits per heavy atom. The lowest BCUT2D eigenvalue weighted by Gasteiger charge is -2.26. The summed E-state index contributed by atoms with van der Waals surface area (Å²) in [7, 11) is 1.66. The molecule has 6 heteroatoms. The van der Waals surface area contributed by atoms with Crippen LogP contribution in [0.15, 0.2) is 85.1 Å². The molecule has 0 saturated carbocycles. The van der Waals surface area contributed by atoms with Gasteiger partial charge in [-0.05, 0) is 60.4 Å². The van der Waals surface area contributed by atoms with Crippen LogP contribution >= 0.6 is 0 Å². The van der Waals surface area contributed by atoms with Crippen LogP contribution in [0.1, 0.15) is 45.6 Å². The summed E-state index contributed by atoms with van der Waals surface area (Å²) in [5, 5.41) is 11.1. The lowest BCUT2D eigenvalue weighted by atomic mass is 10.00. The van der Waals surface area contributed by atoms with Crippen molar-refractivity contribution in [2.75, 3.05) is 17.7 Å². The SMILES string of the molecule is CCc1ccc(C2=CC(c3cccc(OC)c3)n3ncc(C(=O)Nc4ccc(C)cc4)c3N2)cc1. The van der Waals surface area contributed by atoms with Gasteiger partial charge < -0.3 is 15.4 Å². The van der Waals surface area contributed by atoms with E-state index in [0.29, 0.717) is 11.4 Å². The highest BCUT2D eigenvalue weighted by Crippen LogP contribution is 2.36. The summed E-state index contributed by atoms with van der Waals surface area (Å²) >= 11 is 0. The molecule has 1 unspecified atom stereocenters. The minimum atomic E-state index is -0.213. The van der Waals surface area contributed by atoms with Crippen LogP contribution in [0, 0.1) is 6.92 Å². The van der Waals surface area contributed by atoms with Crippen molar-refractivity contribution in [1.82, 2.24) is 9.78 Å². The van der Waals surface area contributed by atoms with Crippen molar-refractivity contribution >= 4 is 23.1 Å². The smallest absolute Gasteiger partial charge is 0.261 e. The number of ether oxygens (including phenoxy) is 1. The quantitative estimate of drug-likeness (QED) is 0.363. The van der Waals surface area contributed by atoms with Gasteiger partial charge in [-0.1, -0.05) is 61.0 Å². The highest BCUT2D eigenvalue weighted by Gasteiger charge is 2.28. The highest BCUT2D eigenvalue weighted by molar-refractivity contribution is 6.08. The second-order valence-electron chi connectivity index (χ2n) is 8.65. The van der Waals surface area contributed by atoms with E-state index in [-0.39, 0.29) is 11.9 Å². The molecule has 0 spiro atoms. The number of amides is 1. The molecule has 4 aromatic rings. The summed E-state index contributed by atoms with van der Waals surface area (Å²) in [5.41, 5.74) is 6.63. The molecule has 35 heavy (non-hydrogen) atoms. The number of nitrogens with zero attached hydrogens (tertiary/aromatic N) is 2. The summed E-state index contributed by atoms with van der Waals surface area (Å²) in [6, 6.07) is 24.0. The van der Waals surface area contributed by atoms with E-state index >= 15 is 0 Å². The van der Waals surface area contributed by atoms with Crippen molar-refractivity contribution in [3.8, 4) is 5.75 Å². The zero-order valence-electron chi connectivity index (χ0n) is 20.1. The van der Waals surface area contributed by atoms with Crippen molar-refractivity contribution in [2.45, 2.75) is 26.3 Å². The number of aromatic nitrogens is 2. The molecule has 1 atom stereocenters. The lowest BCUT2D eigenvalue weighted by Crippen LogP contribution is -2.22. The van der Waals surface area contributed by atoms with E-state index in [4.69, 9.17) is 4.74 Å². The van der Waals surface area contributed by atoms with Crippen molar-refractivity contribution in [3.63, 3.8) is 0 Å². The molecule has 1 aliphatic heterocycles. The molecule has 2 N–H and O–H groups in total. The monoisotopic (exact) mass is 464 g/mol. The molecule has 0 bridgehead atoms.